The highest BCUT2D eigenvalue weighted by molar-refractivity contribution is 5.96. The maximum atomic E-state index is 12.2. The van der Waals surface area contributed by atoms with E-state index in [0.29, 0.717) is 11.3 Å². The van der Waals surface area contributed by atoms with Crippen molar-refractivity contribution in [1.29, 1.82) is 0 Å². The number of nitrogen functional groups attached to an aromatic ring is 1. The first kappa shape index (κ1) is 16.8. The number of nitrogens with one attached hydrogen (secondary N) is 1. The van der Waals surface area contributed by atoms with Crippen LogP contribution in [-0.4, -0.2) is 26.2 Å². The molecule has 0 bridgehead atoms. The first-order valence-electron chi connectivity index (χ1n) is 6.70. The first-order chi connectivity index (χ1) is 9.06. The molecule has 0 heterocycles. The molecule has 0 unspecified atom stereocenters. The minimum Gasteiger partial charge on any atom is -0.399 e. The molecule has 4 nitrogen and oxygen atoms in total. The van der Waals surface area contributed by atoms with Gasteiger partial charge in [-0.15, -0.1) is 12.4 Å². The molecule has 3 N–H and O–H groups in total. The Bertz CT molecular complexity index is 473. The maximum absolute atomic E-state index is 12.2. The van der Waals surface area contributed by atoms with Gasteiger partial charge in [0.25, 0.3) is 5.91 Å². The molecule has 1 fully saturated rings. The molecular formula is C15H23ClN2O2. The van der Waals surface area contributed by atoms with Gasteiger partial charge in [0.2, 0.25) is 0 Å². The van der Waals surface area contributed by atoms with E-state index in [1.807, 2.05) is 19.1 Å². The molecule has 1 amide bonds. The third-order valence-electron chi connectivity index (χ3n) is 3.92. The zero-order valence-electron chi connectivity index (χ0n) is 12.1. The predicted octanol–water partition coefficient (Wildman–Crippen LogP) is 2.55. The van der Waals surface area contributed by atoms with E-state index in [-0.39, 0.29) is 23.7 Å². The van der Waals surface area contributed by atoms with Crippen molar-refractivity contribution in [3.8, 4) is 0 Å². The van der Waals surface area contributed by atoms with Crippen LogP contribution in [0.2, 0.25) is 0 Å². The Balaban J connectivity index is 0.00000200. The fourth-order valence-electron chi connectivity index (χ4n) is 2.26. The summed E-state index contributed by atoms with van der Waals surface area (Å²) in [5, 5.41) is 3.03. The van der Waals surface area contributed by atoms with E-state index in [1.165, 1.54) is 12.8 Å². The number of rotatable bonds is 6. The molecule has 0 aromatic heterocycles. The van der Waals surface area contributed by atoms with E-state index in [9.17, 15) is 4.79 Å². The highest BCUT2D eigenvalue weighted by Gasteiger charge is 2.42. The number of carbonyl (C=O) groups excluding carboxylic acids is 1. The monoisotopic (exact) mass is 298 g/mol. The fourth-order valence-corrected chi connectivity index (χ4v) is 2.26. The number of anilines is 1. The van der Waals surface area contributed by atoms with Gasteiger partial charge in [-0.1, -0.05) is 6.07 Å². The summed E-state index contributed by atoms with van der Waals surface area (Å²) in [6, 6.07) is 5.43. The van der Waals surface area contributed by atoms with E-state index >= 15 is 0 Å². The SMILES string of the molecule is COCCC1(CNC(=O)c2cc(N)ccc2C)CC1.Cl. The quantitative estimate of drug-likeness (QED) is 0.793. The average molecular weight is 299 g/mol. The van der Waals surface area contributed by atoms with Gasteiger partial charge in [-0.2, -0.15) is 0 Å². The highest BCUT2D eigenvalue weighted by atomic mass is 35.5. The number of amides is 1. The van der Waals surface area contributed by atoms with Gasteiger partial charge in [-0.3, -0.25) is 4.79 Å². The molecule has 0 aliphatic heterocycles. The number of nitrogens with two attached hydrogens (primary N) is 1. The number of hydrogen-bond acceptors (Lipinski definition) is 3. The summed E-state index contributed by atoms with van der Waals surface area (Å²) < 4.78 is 5.11. The molecule has 0 saturated heterocycles. The second-order valence-corrected chi connectivity index (χ2v) is 5.50. The number of aryl methyl sites for hydroxylation is 1. The number of benzene rings is 1. The van der Waals surface area contributed by atoms with Gasteiger partial charge >= 0.3 is 0 Å². The molecule has 112 valence electrons. The lowest BCUT2D eigenvalue weighted by Crippen LogP contribution is -2.31. The van der Waals surface area contributed by atoms with Crippen LogP contribution < -0.4 is 11.1 Å². The van der Waals surface area contributed by atoms with Crippen LogP contribution in [0.4, 0.5) is 5.69 Å². The summed E-state index contributed by atoms with van der Waals surface area (Å²) in [6.45, 7) is 3.41. The predicted molar refractivity (Wildman–Crippen MR) is 83.3 cm³/mol. The molecule has 1 aromatic carbocycles. The van der Waals surface area contributed by atoms with Gasteiger partial charge in [0.05, 0.1) is 0 Å². The number of methoxy groups -OCH3 is 1. The Labute approximate surface area is 126 Å². The van der Waals surface area contributed by atoms with Gasteiger partial charge in [0.15, 0.2) is 0 Å². The van der Waals surface area contributed by atoms with E-state index in [4.69, 9.17) is 10.5 Å². The molecule has 1 aromatic rings. The molecule has 20 heavy (non-hydrogen) atoms. The van der Waals surface area contributed by atoms with Crippen LogP contribution in [0, 0.1) is 12.3 Å². The lowest BCUT2D eigenvalue weighted by atomic mass is 10.0. The first-order valence-corrected chi connectivity index (χ1v) is 6.70. The Morgan fingerprint density at radius 3 is 2.75 bits per heavy atom. The van der Waals surface area contributed by atoms with Crippen molar-refractivity contribution >= 4 is 24.0 Å². The lowest BCUT2D eigenvalue weighted by molar-refractivity contribution is 0.0937. The summed E-state index contributed by atoms with van der Waals surface area (Å²) in [4.78, 5) is 12.2. The van der Waals surface area contributed by atoms with E-state index < -0.39 is 0 Å². The largest absolute Gasteiger partial charge is 0.399 e. The summed E-state index contributed by atoms with van der Waals surface area (Å²) in [5.41, 5.74) is 8.24. The van der Waals surface area contributed by atoms with Gasteiger partial charge in [0.1, 0.15) is 0 Å². The van der Waals surface area contributed by atoms with Gasteiger partial charge in [-0.05, 0) is 49.3 Å². The van der Waals surface area contributed by atoms with Gasteiger partial charge < -0.3 is 15.8 Å². The number of carbonyl (C=O) groups is 1. The third-order valence-corrected chi connectivity index (χ3v) is 3.92. The van der Waals surface area contributed by atoms with Crippen molar-refractivity contribution in [2.45, 2.75) is 26.2 Å². The number of hydrogen-bond donors (Lipinski definition) is 2. The standard InChI is InChI=1S/C15H22N2O2.ClH/c1-11-3-4-12(16)9-13(11)14(18)17-10-15(5-6-15)7-8-19-2;/h3-4,9H,5-8,10,16H2,1-2H3,(H,17,18);1H. The van der Waals surface area contributed by atoms with Crippen LogP contribution in [0.25, 0.3) is 0 Å². The summed E-state index contributed by atoms with van der Waals surface area (Å²) in [7, 11) is 1.71. The molecule has 2 rings (SSSR count). The molecule has 1 aliphatic rings. The van der Waals surface area contributed by atoms with E-state index in [0.717, 1.165) is 25.1 Å². The van der Waals surface area contributed by atoms with Crippen molar-refractivity contribution in [3.05, 3.63) is 29.3 Å². The van der Waals surface area contributed by atoms with Gasteiger partial charge in [-0.25, -0.2) is 0 Å². The number of ether oxygens (including phenoxy) is 1. The van der Waals surface area contributed by atoms with Crippen LogP contribution >= 0.6 is 12.4 Å². The fraction of sp³-hybridized carbons (Fsp3) is 0.533. The third kappa shape index (κ3) is 4.12. The van der Waals surface area contributed by atoms with Crippen molar-refractivity contribution in [3.63, 3.8) is 0 Å². The molecule has 1 saturated carbocycles. The topological polar surface area (TPSA) is 64.3 Å². The van der Waals surface area contributed by atoms with Crippen LogP contribution in [-0.2, 0) is 4.74 Å². The normalized spacial score (nSPS) is 15.3. The molecule has 0 radical (unpaired) electrons. The van der Waals surface area contributed by atoms with Gasteiger partial charge in [0, 0.05) is 31.5 Å². The zero-order valence-corrected chi connectivity index (χ0v) is 12.9. The molecule has 1 aliphatic carbocycles. The van der Waals surface area contributed by atoms with Crippen LogP contribution in [0.15, 0.2) is 18.2 Å². The van der Waals surface area contributed by atoms with E-state index in [1.54, 1.807) is 13.2 Å². The Morgan fingerprint density at radius 2 is 2.15 bits per heavy atom. The second kappa shape index (κ2) is 6.95. The van der Waals surface area contributed by atoms with Crippen LogP contribution in [0.3, 0.4) is 0 Å². The van der Waals surface area contributed by atoms with Crippen molar-refractivity contribution < 1.29 is 9.53 Å². The molecule has 0 spiro atoms. The van der Waals surface area contributed by atoms with Crippen LogP contribution in [0.5, 0.6) is 0 Å². The average Bonchev–Trinajstić information content (AvgIpc) is 3.17. The Hall–Kier alpha value is -1.26. The van der Waals surface area contributed by atoms with Crippen molar-refractivity contribution in [2.75, 3.05) is 26.0 Å². The zero-order chi connectivity index (χ0) is 13.9. The number of halogens is 1. The van der Waals surface area contributed by atoms with Crippen molar-refractivity contribution in [1.82, 2.24) is 5.32 Å². The Morgan fingerprint density at radius 1 is 1.45 bits per heavy atom. The smallest absolute Gasteiger partial charge is 0.251 e. The van der Waals surface area contributed by atoms with Crippen LogP contribution in [0.1, 0.15) is 35.2 Å². The molecular weight excluding hydrogens is 276 g/mol. The molecule has 0 atom stereocenters. The highest BCUT2D eigenvalue weighted by Crippen LogP contribution is 2.48. The second-order valence-electron chi connectivity index (χ2n) is 5.50. The lowest BCUT2D eigenvalue weighted by Gasteiger charge is -2.16. The summed E-state index contributed by atoms with van der Waals surface area (Å²) in [6.07, 6.45) is 3.36. The maximum Gasteiger partial charge on any atom is 0.251 e. The minimum atomic E-state index is -0.0338. The molecule has 5 heteroatoms. The van der Waals surface area contributed by atoms with E-state index in [2.05, 4.69) is 5.32 Å². The minimum absolute atomic E-state index is 0. The summed E-state index contributed by atoms with van der Waals surface area (Å²) in [5.74, 6) is -0.0338. The Kier molecular flexibility index (Phi) is 5.84. The summed E-state index contributed by atoms with van der Waals surface area (Å²) >= 11 is 0. The van der Waals surface area contributed by atoms with Crippen molar-refractivity contribution in [2.24, 2.45) is 5.41 Å².